The highest BCUT2D eigenvalue weighted by molar-refractivity contribution is 5.09. The van der Waals surface area contributed by atoms with Crippen LogP contribution < -0.4 is 0 Å². The molecule has 4 fully saturated rings. The Morgan fingerprint density at radius 1 is 0.903 bits per heavy atom. The lowest BCUT2D eigenvalue weighted by molar-refractivity contribution is -0.114. The van der Waals surface area contributed by atoms with Gasteiger partial charge in [-0.1, -0.05) is 65.5 Å². The average Bonchev–Trinajstić information content (AvgIpc) is 3.09. The smallest absolute Gasteiger partial charge is 0.0770 e. The van der Waals surface area contributed by atoms with Crippen molar-refractivity contribution in [3.8, 4) is 0 Å². The van der Waals surface area contributed by atoms with Gasteiger partial charge in [0.2, 0.25) is 0 Å². The van der Waals surface area contributed by atoms with E-state index in [1.54, 1.807) is 6.42 Å². The van der Waals surface area contributed by atoms with Crippen LogP contribution in [0.15, 0.2) is 12.2 Å². The molecule has 31 heavy (non-hydrogen) atoms. The number of hydrogen-bond donors (Lipinski definition) is 1. The van der Waals surface area contributed by atoms with Crippen LogP contribution in [0.3, 0.4) is 0 Å². The first-order valence-electron chi connectivity index (χ1n) is 14.0. The third kappa shape index (κ3) is 4.20. The Kier molecular flexibility index (Phi) is 7.04. The summed E-state index contributed by atoms with van der Waals surface area (Å²) in [7, 11) is 0. The maximum absolute atomic E-state index is 10.3. The van der Waals surface area contributed by atoms with Crippen LogP contribution in [0.5, 0.6) is 0 Å². The van der Waals surface area contributed by atoms with Crippen LogP contribution in [0.1, 0.15) is 118 Å². The van der Waals surface area contributed by atoms with E-state index in [0.717, 1.165) is 47.5 Å². The van der Waals surface area contributed by atoms with Gasteiger partial charge in [-0.3, -0.25) is 0 Å². The second-order valence-corrected chi connectivity index (χ2v) is 13.3. The second-order valence-electron chi connectivity index (χ2n) is 13.3. The van der Waals surface area contributed by atoms with Gasteiger partial charge in [-0.15, -0.1) is 0 Å². The highest BCUT2D eigenvalue weighted by Crippen LogP contribution is 2.68. The van der Waals surface area contributed by atoms with Gasteiger partial charge in [0.05, 0.1) is 6.10 Å². The molecule has 0 aromatic rings. The van der Waals surface area contributed by atoms with Crippen LogP contribution in [0, 0.1) is 52.3 Å². The van der Waals surface area contributed by atoms with Crippen molar-refractivity contribution in [1.82, 2.24) is 0 Å². The molecule has 10 atom stereocenters. The van der Waals surface area contributed by atoms with Crippen LogP contribution in [0.4, 0.5) is 0 Å². The Hall–Kier alpha value is -0.300. The van der Waals surface area contributed by atoms with Crippen molar-refractivity contribution in [2.45, 2.75) is 124 Å². The maximum Gasteiger partial charge on any atom is 0.0770 e. The second kappa shape index (κ2) is 9.15. The Labute approximate surface area is 193 Å². The SMILES string of the molecule is C=C(C)C(O)C(C)CCC[C@@H](C)[C@H]1CC[C@H]2[C@@H]3CCC4CCCC[C@]4(C)[C@H]3CC[C@]12C. The van der Waals surface area contributed by atoms with E-state index in [4.69, 9.17) is 0 Å². The normalized spacial score (nSPS) is 45.2. The van der Waals surface area contributed by atoms with E-state index in [0.29, 0.717) is 16.7 Å². The van der Waals surface area contributed by atoms with Gasteiger partial charge in [0.15, 0.2) is 0 Å². The summed E-state index contributed by atoms with van der Waals surface area (Å²) in [6.45, 7) is 16.1. The zero-order chi connectivity index (χ0) is 22.4. The van der Waals surface area contributed by atoms with Crippen LogP contribution >= 0.6 is 0 Å². The van der Waals surface area contributed by atoms with Gasteiger partial charge in [-0.05, 0) is 117 Å². The van der Waals surface area contributed by atoms with Gasteiger partial charge in [0, 0.05) is 0 Å². The molecule has 4 saturated carbocycles. The molecule has 0 heterocycles. The van der Waals surface area contributed by atoms with Crippen LogP contribution in [-0.2, 0) is 0 Å². The summed E-state index contributed by atoms with van der Waals surface area (Å²) in [5.41, 5.74) is 2.19. The molecule has 0 aromatic heterocycles. The molecular weight excluding hydrogens is 376 g/mol. The fraction of sp³-hybridized carbons (Fsp3) is 0.933. The van der Waals surface area contributed by atoms with Gasteiger partial charge in [0.25, 0.3) is 0 Å². The van der Waals surface area contributed by atoms with E-state index in [9.17, 15) is 5.11 Å². The molecule has 0 spiro atoms. The summed E-state index contributed by atoms with van der Waals surface area (Å²) in [6.07, 6.45) is 18.6. The zero-order valence-corrected chi connectivity index (χ0v) is 21.5. The predicted molar refractivity (Wildman–Crippen MR) is 133 cm³/mol. The number of aliphatic hydroxyl groups is 1. The minimum Gasteiger partial charge on any atom is -0.389 e. The van der Waals surface area contributed by atoms with Gasteiger partial charge in [-0.25, -0.2) is 0 Å². The van der Waals surface area contributed by atoms with Crippen LogP contribution in [0.25, 0.3) is 0 Å². The molecule has 3 unspecified atom stereocenters. The highest BCUT2D eigenvalue weighted by Gasteiger charge is 2.60. The average molecular weight is 429 g/mol. The van der Waals surface area contributed by atoms with E-state index in [1.165, 1.54) is 70.6 Å². The molecule has 178 valence electrons. The van der Waals surface area contributed by atoms with E-state index in [2.05, 4.69) is 34.3 Å². The van der Waals surface area contributed by atoms with Gasteiger partial charge < -0.3 is 5.11 Å². The lowest BCUT2D eigenvalue weighted by Crippen LogP contribution is -2.53. The number of hydrogen-bond acceptors (Lipinski definition) is 1. The Morgan fingerprint density at radius 3 is 2.39 bits per heavy atom. The van der Waals surface area contributed by atoms with Crippen molar-refractivity contribution >= 4 is 0 Å². The number of rotatable bonds is 7. The fourth-order valence-electron chi connectivity index (χ4n) is 9.88. The Bertz CT molecular complexity index is 638. The molecule has 0 aromatic carbocycles. The molecule has 1 nitrogen and oxygen atoms in total. The Morgan fingerprint density at radius 2 is 1.65 bits per heavy atom. The molecule has 1 heteroatoms. The Balaban J connectivity index is 1.38. The molecule has 0 aliphatic heterocycles. The minimum absolute atomic E-state index is 0.324. The third-order valence-electron chi connectivity index (χ3n) is 11.7. The molecule has 0 saturated heterocycles. The highest BCUT2D eigenvalue weighted by atomic mass is 16.3. The minimum atomic E-state index is -0.324. The van der Waals surface area contributed by atoms with Gasteiger partial charge in [-0.2, -0.15) is 0 Å². The van der Waals surface area contributed by atoms with E-state index < -0.39 is 0 Å². The molecular formula is C30H52O. The quantitative estimate of drug-likeness (QED) is 0.403. The summed E-state index contributed by atoms with van der Waals surface area (Å²) < 4.78 is 0. The van der Waals surface area contributed by atoms with E-state index >= 15 is 0 Å². The van der Waals surface area contributed by atoms with Crippen LogP contribution in [-0.4, -0.2) is 11.2 Å². The molecule has 4 aliphatic rings. The van der Waals surface area contributed by atoms with Crippen molar-refractivity contribution in [2.24, 2.45) is 52.3 Å². The summed E-state index contributed by atoms with van der Waals surface area (Å²) >= 11 is 0. The maximum atomic E-state index is 10.3. The van der Waals surface area contributed by atoms with Crippen LogP contribution in [0.2, 0.25) is 0 Å². The van der Waals surface area contributed by atoms with Crippen molar-refractivity contribution in [2.75, 3.05) is 0 Å². The standard InChI is InChI=1S/C30H52O/c1-20(2)28(31)22(4)11-9-10-21(3)25-15-16-26-24-14-13-23-12-7-8-18-29(23,5)27(24)17-19-30(25,26)6/h21-28,31H,1,7-19H2,2-6H3/t21-,22?,23?,24+,25-,26+,27+,28?,29+,30-/m1/s1. The summed E-state index contributed by atoms with van der Waals surface area (Å²) in [5, 5.41) is 10.3. The summed E-state index contributed by atoms with van der Waals surface area (Å²) in [5.74, 6) is 6.21. The first-order chi connectivity index (χ1) is 14.7. The van der Waals surface area contributed by atoms with Gasteiger partial charge in [0.1, 0.15) is 0 Å². The topological polar surface area (TPSA) is 20.2 Å². The van der Waals surface area contributed by atoms with E-state index in [1.807, 2.05) is 6.92 Å². The summed E-state index contributed by atoms with van der Waals surface area (Å²) in [6, 6.07) is 0. The number of aliphatic hydroxyl groups excluding tert-OH is 1. The molecule has 1 N–H and O–H groups in total. The first-order valence-corrected chi connectivity index (χ1v) is 14.0. The summed E-state index contributed by atoms with van der Waals surface area (Å²) in [4.78, 5) is 0. The predicted octanol–water partition coefficient (Wildman–Crippen LogP) is 8.41. The molecule has 0 bridgehead atoms. The monoisotopic (exact) mass is 428 g/mol. The van der Waals surface area contributed by atoms with Crippen molar-refractivity contribution in [1.29, 1.82) is 0 Å². The largest absolute Gasteiger partial charge is 0.389 e. The number of fused-ring (bicyclic) bond motifs is 5. The third-order valence-corrected chi connectivity index (χ3v) is 11.7. The van der Waals surface area contributed by atoms with Crippen molar-refractivity contribution in [3.05, 3.63) is 12.2 Å². The lowest BCUT2D eigenvalue weighted by Gasteiger charge is -2.61. The van der Waals surface area contributed by atoms with Gasteiger partial charge >= 0.3 is 0 Å². The fourth-order valence-corrected chi connectivity index (χ4v) is 9.88. The zero-order valence-electron chi connectivity index (χ0n) is 21.5. The molecule has 4 aliphatic carbocycles. The van der Waals surface area contributed by atoms with Crippen molar-refractivity contribution < 1.29 is 5.11 Å². The van der Waals surface area contributed by atoms with E-state index in [-0.39, 0.29) is 6.10 Å². The molecule has 4 rings (SSSR count). The lowest BCUT2D eigenvalue weighted by atomic mass is 9.44. The molecule has 0 radical (unpaired) electrons. The molecule has 0 amide bonds. The first kappa shape index (κ1) is 23.8. The van der Waals surface area contributed by atoms with Crippen molar-refractivity contribution in [3.63, 3.8) is 0 Å².